The molecule has 1 aromatic carbocycles. The minimum absolute atomic E-state index is 0.103. The van der Waals surface area contributed by atoms with Gasteiger partial charge in [-0.25, -0.2) is 8.78 Å². The lowest BCUT2D eigenvalue weighted by Crippen LogP contribution is -2.30. The van der Waals surface area contributed by atoms with Crippen LogP contribution in [0.4, 0.5) is 8.78 Å². The molecule has 108 valence electrons. The Balaban J connectivity index is 0.000000344. The summed E-state index contributed by atoms with van der Waals surface area (Å²) in [5.74, 6) is -1.26. The van der Waals surface area contributed by atoms with E-state index in [1.807, 2.05) is 6.26 Å². The van der Waals surface area contributed by atoms with Crippen LogP contribution in [0.3, 0.4) is 0 Å². The minimum atomic E-state index is -0.913. The molecule has 0 spiro atoms. The van der Waals surface area contributed by atoms with Crippen LogP contribution in [0.15, 0.2) is 18.2 Å². The molecule has 1 rings (SSSR count). The molecule has 0 fully saturated rings. The van der Waals surface area contributed by atoms with Crippen molar-refractivity contribution >= 4 is 17.7 Å². The first-order chi connectivity index (χ1) is 8.92. The first-order valence-electron chi connectivity index (χ1n) is 5.53. The third kappa shape index (κ3) is 7.76. The Morgan fingerprint density at radius 3 is 2.53 bits per heavy atom. The van der Waals surface area contributed by atoms with Gasteiger partial charge in [0.05, 0.1) is 0 Å². The van der Waals surface area contributed by atoms with E-state index in [2.05, 4.69) is 0 Å². The normalized spacial score (nSPS) is 11.4. The second kappa shape index (κ2) is 9.71. The van der Waals surface area contributed by atoms with E-state index >= 15 is 0 Å². The Labute approximate surface area is 115 Å². The third-order valence-corrected chi connectivity index (χ3v) is 2.83. The molecule has 0 heterocycles. The van der Waals surface area contributed by atoms with Crippen molar-refractivity contribution in [2.75, 3.05) is 12.0 Å². The largest absolute Gasteiger partial charge is 0.480 e. The second-order valence-electron chi connectivity index (χ2n) is 3.67. The first-order valence-corrected chi connectivity index (χ1v) is 6.93. The molecular weight excluding hydrogens is 274 g/mol. The second-order valence-corrected chi connectivity index (χ2v) is 4.65. The number of carbonyl (C=O) groups is 1. The minimum Gasteiger partial charge on any atom is -0.480 e. The maximum Gasteiger partial charge on any atom is 0.320 e. The summed E-state index contributed by atoms with van der Waals surface area (Å²) in [5.41, 5.74) is 10.7. The number of nitrogens with two attached hydrogens (primary N) is 2. The van der Waals surface area contributed by atoms with Gasteiger partial charge in [0, 0.05) is 18.2 Å². The van der Waals surface area contributed by atoms with Gasteiger partial charge in [-0.3, -0.25) is 4.79 Å². The molecule has 0 radical (unpaired) electrons. The lowest BCUT2D eigenvalue weighted by molar-refractivity contribution is -0.138. The van der Waals surface area contributed by atoms with Crippen molar-refractivity contribution in [3.05, 3.63) is 35.4 Å². The molecule has 0 bridgehead atoms. The fourth-order valence-corrected chi connectivity index (χ4v) is 1.55. The molecule has 0 saturated carbocycles. The molecule has 0 amide bonds. The quantitative estimate of drug-likeness (QED) is 0.766. The van der Waals surface area contributed by atoms with Crippen molar-refractivity contribution in [1.29, 1.82) is 0 Å². The summed E-state index contributed by atoms with van der Waals surface area (Å²) in [6, 6.07) is 2.66. The summed E-state index contributed by atoms with van der Waals surface area (Å²) < 4.78 is 24.7. The Bertz CT molecular complexity index is 405. The van der Waals surface area contributed by atoms with Crippen LogP contribution in [0.5, 0.6) is 0 Å². The van der Waals surface area contributed by atoms with Crippen molar-refractivity contribution < 1.29 is 18.7 Å². The summed E-state index contributed by atoms with van der Waals surface area (Å²) >= 11 is 1.60. The highest BCUT2D eigenvalue weighted by atomic mass is 32.2. The average molecular weight is 292 g/mol. The van der Waals surface area contributed by atoms with Crippen LogP contribution in [0.1, 0.15) is 12.0 Å². The van der Waals surface area contributed by atoms with Crippen LogP contribution in [0, 0.1) is 11.6 Å². The number of rotatable bonds is 5. The molecule has 1 atom stereocenters. The zero-order valence-corrected chi connectivity index (χ0v) is 11.4. The van der Waals surface area contributed by atoms with Crippen LogP contribution in [0.2, 0.25) is 0 Å². The smallest absolute Gasteiger partial charge is 0.320 e. The van der Waals surface area contributed by atoms with Gasteiger partial charge in [-0.1, -0.05) is 6.07 Å². The van der Waals surface area contributed by atoms with E-state index in [4.69, 9.17) is 16.6 Å². The van der Waals surface area contributed by atoms with E-state index in [1.54, 1.807) is 11.8 Å². The summed E-state index contributed by atoms with van der Waals surface area (Å²) in [5, 5.41) is 8.27. The predicted molar refractivity (Wildman–Crippen MR) is 72.9 cm³/mol. The van der Waals surface area contributed by atoms with Gasteiger partial charge in [0.25, 0.3) is 0 Å². The van der Waals surface area contributed by atoms with Crippen molar-refractivity contribution in [1.82, 2.24) is 0 Å². The highest BCUT2D eigenvalue weighted by molar-refractivity contribution is 7.98. The van der Waals surface area contributed by atoms with Crippen LogP contribution >= 0.6 is 11.8 Å². The molecule has 0 aliphatic carbocycles. The van der Waals surface area contributed by atoms with Gasteiger partial charge in [-0.2, -0.15) is 11.8 Å². The first kappa shape index (κ1) is 17.8. The predicted octanol–water partition coefficient (Wildman–Crippen LogP) is 1.57. The summed E-state index contributed by atoms with van der Waals surface area (Å²) in [6.45, 7) is 0.103. The van der Waals surface area contributed by atoms with E-state index in [9.17, 15) is 13.6 Å². The van der Waals surface area contributed by atoms with E-state index in [1.165, 1.54) is 12.1 Å². The van der Waals surface area contributed by atoms with Gasteiger partial charge in [0.2, 0.25) is 0 Å². The number of hydrogen-bond acceptors (Lipinski definition) is 4. The topological polar surface area (TPSA) is 89.3 Å². The van der Waals surface area contributed by atoms with E-state index in [0.29, 0.717) is 12.0 Å². The number of thioether (sulfide) groups is 1. The van der Waals surface area contributed by atoms with Crippen LogP contribution < -0.4 is 11.5 Å². The maximum absolute atomic E-state index is 12.5. The number of halogens is 2. The summed E-state index contributed by atoms with van der Waals surface area (Å²) in [7, 11) is 0. The SMILES string of the molecule is CSCC[C@H](N)C(=O)O.NCc1ccc(F)cc1F. The fourth-order valence-electron chi connectivity index (χ4n) is 1.06. The van der Waals surface area contributed by atoms with Gasteiger partial charge in [-0.05, 0) is 24.5 Å². The molecule has 0 aliphatic rings. The highest BCUT2D eigenvalue weighted by Crippen LogP contribution is 2.07. The Morgan fingerprint density at radius 1 is 1.47 bits per heavy atom. The lowest BCUT2D eigenvalue weighted by atomic mass is 10.2. The molecule has 1 aromatic rings. The van der Waals surface area contributed by atoms with Crippen LogP contribution in [-0.2, 0) is 11.3 Å². The van der Waals surface area contributed by atoms with Crippen molar-refractivity contribution in [3.63, 3.8) is 0 Å². The van der Waals surface area contributed by atoms with Crippen LogP contribution in [-0.4, -0.2) is 29.1 Å². The van der Waals surface area contributed by atoms with E-state index in [0.717, 1.165) is 11.8 Å². The zero-order chi connectivity index (χ0) is 14.8. The van der Waals surface area contributed by atoms with Gasteiger partial charge in [0.15, 0.2) is 0 Å². The Hall–Kier alpha value is -1.18. The number of hydrogen-bond donors (Lipinski definition) is 3. The van der Waals surface area contributed by atoms with Crippen molar-refractivity contribution in [2.24, 2.45) is 11.5 Å². The molecule has 0 unspecified atom stereocenters. The third-order valence-electron chi connectivity index (χ3n) is 2.19. The van der Waals surface area contributed by atoms with Gasteiger partial charge < -0.3 is 16.6 Å². The van der Waals surface area contributed by atoms with Gasteiger partial charge >= 0.3 is 5.97 Å². The molecule has 7 heteroatoms. The average Bonchev–Trinajstić information content (AvgIpc) is 2.36. The van der Waals surface area contributed by atoms with Crippen molar-refractivity contribution in [2.45, 2.75) is 19.0 Å². The van der Waals surface area contributed by atoms with E-state index < -0.39 is 23.6 Å². The summed E-state index contributed by atoms with van der Waals surface area (Å²) in [4.78, 5) is 10.1. The number of carboxylic acid groups (broad SMARTS) is 1. The fraction of sp³-hybridized carbons (Fsp3) is 0.417. The summed E-state index contributed by atoms with van der Waals surface area (Å²) in [6.07, 6.45) is 2.48. The Morgan fingerprint density at radius 2 is 2.11 bits per heavy atom. The monoisotopic (exact) mass is 292 g/mol. The van der Waals surface area contributed by atoms with Crippen molar-refractivity contribution in [3.8, 4) is 0 Å². The number of benzene rings is 1. The maximum atomic E-state index is 12.5. The van der Waals surface area contributed by atoms with Gasteiger partial charge in [-0.15, -0.1) is 0 Å². The molecule has 19 heavy (non-hydrogen) atoms. The molecule has 0 aromatic heterocycles. The number of carboxylic acids is 1. The number of aliphatic carboxylic acids is 1. The van der Waals surface area contributed by atoms with Gasteiger partial charge in [0.1, 0.15) is 17.7 Å². The van der Waals surface area contributed by atoms with Crippen LogP contribution in [0.25, 0.3) is 0 Å². The standard InChI is InChI=1S/C7H7F2N.C5H11NO2S/c8-6-2-1-5(4-10)7(9)3-6;1-9-3-2-4(6)5(7)8/h1-3H,4,10H2;4H,2-3,6H2,1H3,(H,7,8)/t;4-/m.0/s1. The molecule has 0 saturated heterocycles. The highest BCUT2D eigenvalue weighted by Gasteiger charge is 2.08. The van der Waals surface area contributed by atoms with E-state index in [-0.39, 0.29) is 6.54 Å². The lowest BCUT2D eigenvalue weighted by Gasteiger charge is -2.02. The zero-order valence-electron chi connectivity index (χ0n) is 10.6. The molecule has 0 aliphatic heterocycles. The Kier molecular flexibility index (Phi) is 9.11. The molecule has 4 nitrogen and oxygen atoms in total. The molecule has 5 N–H and O–H groups in total. The molecular formula is C12H18F2N2O2S.